The molecule has 0 aliphatic heterocycles. The Morgan fingerprint density at radius 1 is 1.35 bits per heavy atom. The molecule has 0 aliphatic carbocycles. The maximum Gasteiger partial charge on any atom is 0.191 e. The van der Waals surface area contributed by atoms with E-state index < -0.39 is 0 Å². The van der Waals surface area contributed by atoms with Crippen LogP contribution in [0.1, 0.15) is 33.8 Å². The van der Waals surface area contributed by atoms with Gasteiger partial charge in [-0.25, -0.2) is 4.98 Å². The number of ether oxygens (including phenoxy) is 1. The maximum absolute atomic E-state index is 5.15. The summed E-state index contributed by atoms with van der Waals surface area (Å²) in [7, 11) is 3.49. The lowest BCUT2D eigenvalue weighted by atomic mass is 10.2. The number of guanidine groups is 1. The molecule has 0 saturated carbocycles. The predicted molar refractivity (Wildman–Crippen MR) is 107 cm³/mol. The summed E-state index contributed by atoms with van der Waals surface area (Å²) in [5.74, 6) is 0.792. The van der Waals surface area contributed by atoms with Crippen LogP contribution in [-0.4, -0.2) is 48.0 Å². The second kappa shape index (κ2) is 10.3. The Morgan fingerprint density at radius 3 is 2.81 bits per heavy atom. The molecule has 144 valence electrons. The number of thiazole rings is 1. The molecule has 7 nitrogen and oxygen atoms in total. The maximum atomic E-state index is 5.15. The zero-order valence-corrected chi connectivity index (χ0v) is 17.2. The van der Waals surface area contributed by atoms with E-state index in [4.69, 9.17) is 4.74 Å². The highest BCUT2D eigenvalue weighted by Gasteiger charge is 2.12. The fourth-order valence-corrected chi connectivity index (χ4v) is 3.55. The van der Waals surface area contributed by atoms with E-state index in [1.54, 1.807) is 25.5 Å². The number of aromatic nitrogens is 3. The number of rotatable bonds is 9. The molecule has 8 heteroatoms. The summed E-state index contributed by atoms with van der Waals surface area (Å²) in [6.07, 6.45) is 3.92. The van der Waals surface area contributed by atoms with Crippen molar-refractivity contribution in [3.63, 3.8) is 0 Å². The van der Waals surface area contributed by atoms with Gasteiger partial charge in [-0.2, -0.15) is 5.10 Å². The average molecular weight is 379 g/mol. The van der Waals surface area contributed by atoms with Crippen molar-refractivity contribution >= 4 is 17.3 Å². The Balaban J connectivity index is 1.84. The number of methoxy groups -OCH3 is 1. The molecule has 2 rings (SSSR count). The zero-order chi connectivity index (χ0) is 18.9. The third-order valence-electron chi connectivity index (χ3n) is 4.28. The monoisotopic (exact) mass is 378 g/mol. The van der Waals surface area contributed by atoms with E-state index in [1.807, 2.05) is 17.8 Å². The van der Waals surface area contributed by atoms with E-state index in [9.17, 15) is 0 Å². The first-order chi connectivity index (χ1) is 12.6. The number of hydrogen-bond acceptors (Lipinski definition) is 5. The fourth-order valence-electron chi connectivity index (χ4n) is 2.69. The molecule has 26 heavy (non-hydrogen) atoms. The lowest BCUT2D eigenvalue weighted by molar-refractivity contribution is 0.182. The minimum Gasteiger partial charge on any atom is -0.383 e. The molecule has 0 unspecified atom stereocenters. The average Bonchev–Trinajstić information content (AvgIpc) is 3.21. The van der Waals surface area contributed by atoms with Gasteiger partial charge in [0.25, 0.3) is 0 Å². The minimum atomic E-state index is 0.661. The Labute approximate surface area is 159 Å². The van der Waals surface area contributed by atoms with Crippen LogP contribution in [0.5, 0.6) is 0 Å². The molecular weight excluding hydrogens is 348 g/mol. The van der Waals surface area contributed by atoms with Crippen molar-refractivity contribution < 1.29 is 4.74 Å². The topological polar surface area (TPSA) is 76.4 Å². The number of nitrogens with one attached hydrogen (secondary N) is 2. The molecule has 0 aliphatic rings. The van der Waals surface area contributed by atoms with E-state index in [-0.39, 0.29) is 0 Å². The summed E-state index contributed by atoms with van der Waals surface area (Å²) in [6, 6.07) is 0. The third-order valence-corrected chi connectivity index (χ3v) is 5.48. The van der Waals surface area contributed by atoms with Crippen LogP contribution in [0.2, 0.25) is 0 Å². The summed E-state index contributed by atoms with van der Waals surface area (Å²) >= 11 is 1.78. The van der Waals surface area contributed by atoms with Gasteiger partial charge in [0, 0.05) is 56.0 Å². The molecule has 0 atom stereocenters. The van der Waals surface area contributed by atoms with Gasteiger partial charge in [-0.1, -0.05) is 6.92 Å². The van der Waals surface area contributed by atoms with Crippen molar-refractivity contribution in [1.29, 1.82) is 0 Å². The lowest BCUT2D eigenvalue weighted by Gasteiger charge is -2.12. The second-order valence-electron chi connectivity index (χ2n) is 6.04. The van der Waals surface area contributed by atoms with Gasteiger partial charge in [-0.05, 0) is 20.3 Å². The van der Waals surface area contributed by atoms with E-state index in [1.165, 1.54) is 10.4 Å². The molecule has 2 N–H and O–H groups in total. The highest BCUT2D eigenvalue weighted by atomic mass is 32.1. The van der Waals surface area contributed by atoms with E-state index in [0.717, 1.165) is 48.3 Å². The number of aryl methyl sites for hydroxylation is 2. The molecule has 0 radical (unpaired) electrons. The smallest absolute Gasteiger partial charge is 0.191 e. The minimum absolute atomic E-state index is 0.661. The van der Waals surface area contributed by atoms with E-state index in [0.29, 0.717) is 13.2 Å². The van der Waals surface area contributed by atoms with Crippen molar-refractivity contribution in [2.75, 3.05) is 27.3 Å². The molecule has 0 saturated heterocycles. The first-order valence-corrected chi connectivity index (χ1v) is 9.80. The molecule has 0 amide bonds. The molecule has 0 fully saturated rings. The predicted octanol–water partition coefficient (Wildman–Crippen LogP) is 2.07. The van der Waals surface area contributed by atoms with Crippen LogP contribution in [-0.2, 0) is 30.7 Å². The zero-order valence-electron chi connectivity index (χ0n) is 16.4. The van der Waals surface area contributed by atoms with Gasteiger partial charge >= 0.3 is 0 Å². The van der Waals surface area contributed by atoms with Crippen molar-refractivity contribution in [3.8, 4) is 0 Å². The Kier molecular flexibility index (Phi) is 8.06. The van der Waals surface area contributed by atoms with Crippen LogP contribution in [0, 0.1) is 13.8 Å². The number of hydrogen-bond donors (Lipinski definition) is 2. The molecular formula is C18H30N6OS. The summed E-state index contributed by atoms with van der Waals surface area (Å²) in [4.78, 5) is 10.1. The van der Waals surface area contributed by atoms with Gasteiger partial charge in [0.2, 0.25) is 0 Å². The Morgan fingerprint density at radius 2 is 2.15 bits per heavy atom. The van der Waals surface area contributed by atoms with Gasteiger partial charge < -0.3 is 15.4 Å². The van der Waals surface area contributed by atoms with Crippen LogP contribution < -0.4 is 10.6 Å². The Hall–Kier alpha value is -1.93. The first-order valence-electron chi connectivity index (χ1n) is 8.98. The highest BCUT2D eigenvalue weighted by Crippen LogP contribution is 2.14. The van der Waals surface area contributed by atoms with Crippen molar-refractivity contribution in [3.05, 3.63) is 33.0 Å². The summed E-state index contributed by atoms with van der Waals surface area (Å²) in [5, 5.41) is 12.5. The standard InChI is InChI=1S/C18H30N6OS/c1-6-15-11-21-17(26-15)7-8-20-18(19-4)22-12-16-13(2)23-24(14(16)3)9-10-25-5/h11H,6-10,12H2,1-5H3,(H2,19,20,22). The normalized spacial score (nSPS) is 11.8. The van der Waals surface area contributed by atoms with Crippen LogP contribution in [0.3, 0.4) is 0 Å². The Bertz CT molecular complexity index is 721. The molecule has 2 aromatic rings. The summed E-state index contributed by atoms with van der Waals surface area (Å²) in [5.41, 5.74) is 3.41. The van der Waals surface area contributed by atoms with Crippen LogP contribution in [0.15, 0.2) is 11.2 Å². The third kappa shape index (κ3) is 5.54. The molecule has 2 aromatic heterocycles. The van der Waals surface area contributed by atoms with Gasteiger partial charge in [0.05, 0.1) is 23.9 Å². The van der Waals surface area contributed by atoms with E-state index >= 15 is 0 Å². The van der Waals surface area contributed by atoms with Crippen LogP contribution in [0.25, 0.3) is 0 Å². The van der Waals surface area contributed by atoms with Crippen molar-refractivity contribution in [2.45, 2.75) is 46.7 Å². The van der Waals surface area contributed by atoms with Crippen LogP contribution >= 0.6 is 11.3 Å². The number of nitrogens with zero attached hydrogens (tertiary/aromatic N) is 4. The molecule has 0 aromatic carbocycles. The van der Waals surface area contributed by atoms with Crippen molar-refractivity contribution in [1.82, 2.24) is 25.4 Å². The summed E-state index contributed by atoms with van der Waals surface area (Å²) < 4.78 is 7.14. The molecule has 0 spiro atoms. The van der Waals surface area contributed by atoms with Gasteiger partial charge in [-0.15, -0.1) is 11.3 Å². The fraction of sp³-hybridized carbons (Fsp3) is 0.611. The lowest BCUT2D eigenvalue weighted by Crippen LogP contribution is -2.38. The van der Waals surface area contributed by atoms with Gasteiger partial charge in [0.1, 0.15) is 0 Å². The number of aliphatic imine (C=N–C) groups is 1. The highest BCUT2D eigenvalue weighted by molar-refractivity contribution is 7.11. The SMILES string of the molecule is CCc1cnc(CCNC(=NC)NCc2c(C)nn(CCOC)c2C)s1. The van der Waals surface area contributed by atoms with Crippen LogP contribution in [0.4, 0.5) is 0 Å². The van der Waals surface area contributed by atoms with E-state index in [2.05, 4.69) is 39.6 Å². The first kappa shape index (κ1) is 20.4. The molecule has 0 bridgehead atoms. The van der Waals surface area contributed by atoms with Gasteiger partial charge in [-0.3, -0.25) is 9.67 Å². The second-order valence-corrected chi connectivity index (χ2v) is 7.24. The largest absolute Gasteiger partial charge is 0.383 e. The molecule has 2 heterocycles. The quantitative estimate of drug-likeness (QED) is 0.516. The summed E-state index contributed by atoms with van der Waals surface area (Å²) in [6.45, 7) is 9.22. The van der Waals surface area contributed by atoms with Gasteiger partial charge in [0.15, 0.2) is 5.96 Å². The van der Waals surface area contributed by atoms with Crippen molar-refractivity contribution in [2.24, 2.45) is 4.99 Å².